The number of hydrogen-bond acceptors (Lipinski definition) is 2. The van der Waals surface area contributed by atoms with Gasteiger partial charge in [-0.1, -0.05) is 31.5 Å². The number of para-hydroxylation sites is 1. The summed E-state index contributed by atoms with van der Waals surface area (Å²) in [4.78, 5) is 0. The maximum atomic E-state index is 14.7. The average Bonchev–Trinajstić information content (AvgIpc) is 2.77. The highest BCUT2D eigenvalue weighted by molar-refractivity contribution is 5.82. The summed E-state index contributed by atoms with van der Waals surface area (Å²) in [5.41, 5.74) is 6.16. The molecule has 0 aliphatic rings. The molecule has 2 aromatic rings. The maximum Gasteiger partial charge on any atom is 0.128 e. The van der Waals surface area contributed by atoms with Gasteiger partial charge in [-0.25, -0.2) is 4.39 Å². The van der Waals surface area contributed by atoms with Gasteiger partial charge in [-0.3, -0.25) is 4.68 Å². The van der Waals surface area contributed by atoms with Crippen molar-refractivity contribution in [3.05, 3.63) is 30.0 Å². The Morgan fingerprint density at radius 3 is 2.68 bits per heavy atom. The van der Waals surface area contributed by atoms with Crippen LogP contribution in [-0.2, 0) is 13.0 Å². The predicted octanol–water partition coefficient (Wildman–Crippen LogP) is 3.07. The predicted molar refractivity (Wildman–Crippen MR) is 76.9 cm³/mol. The van der Waals surface area contributed by atoms with E-state index < -0.39 is 5.67 Å². The second-order valence-corrected chi connectivity index (χ2v) is 5.06. The SMILES string of the molecule is CCCC(F)(CN)Cc1nn(CC)c2ccccc12. The Kier molecular flexibility index (Phi) is 4.20. The van der Waals surface area contributed by atoms with Gasteiger partial charge in [0, 0.05) is 24.9 Å². The van der Waals surface area contributed by atoms with E-state index in [1.165, 1.54) is 0 Å². The molecule has 1 aromatic carbocycles. The molecule has 19 heavy (non-hydrogen) atoms. The van der Waals surface area contributed by atoms with Crippen molar-refractivity contribution < 1.29 is 4.39 Å². The molecule has 2 rings (SSSR count). The fourth-order valence-electron chi connectivity index (χ4n) is 2.58. The minimum Gasteiger partial charge on any atom is -0.328 e. The highest BCUT2D eigenvalue weighted by Gasteiger charge is 2.29. The summed E-state index contributed by atoms with van der Waals surface area (Å²) in [5.74, 6) is 0. The van der Waals surface area contributed by atoms with Crippen molar-refractivity contribution in [1.82, 2.24) is 9.78 Å². The van der Waals surface area contributed by atoms with Gasteiger partial charge in [0.05, 0.1) is 11.2 Å². The Morgan fingerprint density at radius 2 is 2.05 bits per heavy atom. The van der Waals surface area contributed by atoms with E-state index >= 15 is 0 Å². The molecule has 2 N–H and O–H groups in total. The molecule has 1 atom stereocenters. The lowest BCUT2D eigenvalue weighted by atomic mass is 9.93. The Balaban J connectivity index is 2.40. The largest absolute Gasteiger partial charge is 0.328 e. The van der Waals surface area contributed by atoms with Crippen LogP contribution < -0.4 is 5.73 Å². The molecule has 0 aliphatic heterocycles. The molecule has 104 valence electrons. The van der Waals surface area contributed by atoms with Gasteiger partial charge in [0.25, 0.3) is 0 Å². The molecule has 0 saturated heterocycles. The third-order valence-electron chi connectivity index (χ3n) is 3.58. The van der Waals surface area contributed by atoms with E-state index in [1.807, 2.05) is 42.8 Å². The third-order valence-corrected chi connectivity index (χ3v) is 3.58. The van der Waals surface area contributed by atoms with Gasteiger partial charge in [-0.05, 0) is 19.4 Å². The molecular weight excluding hydrogens is 241 g/mol. The molecule has 3 nitrogen and oxygen atoms in total. The van der Waals surface area contributed by atoms with E-state index in [0.29, 0.717) is 12.8 Å². The number of halogens is 1. The van der Waals surface area contributed by atoms with Gasteiger partial charge in [0.1, 0.15) is 5.67 Å². The molecule has 0 fully saturated rings. The van der Waals surface area contributed by atoms with E-state index in [2.05, 4.69) is 5.10 Å². The van der Waals surface area contributed by atoms with Crippen molar-refractivity contribution in [3.8, 4) is 0 Å². The number of aryl methyl sites for hydroxylation is 1. The molecule has 1 aromatic heterocycles. The first-order chi connectivity index (χ1) is 9.13. The number of nitrogens with two attached hydrogens (primary N) is 1. The second-order valence-electron chi connectivity index (χ2n) is 5.06. The summed E-state index contributed by atoms with van der Waals surface area (Å²) in [6.07, 6.45) is 1.57. The molecule has 4 heteroatoms. The van der Waals surface area contributed by atoms with Crippen molar-refractivity contribution in [2.24, 2.45) is 5.73 Å². The molecule has 0 bridgehead atoms. The number of rotatable bonds is 6. The summed E-state index contributed by atoms with van der Waals surface area (Å²) in [7, 11) is 0. The van der Waals surface area contributed by atoms with Crippen molar-refractivity contribution in [3.63, 3.8) is 0 Å². The maximum absolute atomic E-state index is 14.7. The fraction of sp³-hybridized carbons (Fsp3) is 0.533. The highest BCUT2D eigenvalue weighted by atomic mass is 19.1. The molecule has 1 unspecified atom stereocenters. The average molecular weight is 263 g/mol. The monoisotopic (exact) mass is 263 g/mol. The van der Waals surface area contributed by atoms with Gasteiger partial charge in [-0.15, -0.1) is 0 Å². The molecule has 1 heterocycles. The highest BCUT2D eigenvalue weighted by Crippen LogP contribution is 2.27. The van der Waals surface area contributed by atoms with E-state index in [-0.39, 0.29) is 6.54 Å². The number of hydrogen-bond donors (Lipinski definition) is 1. The number of benzene rings is 1. The topological polar surface area (TPSA) is 43.8 Å². The Bertz CT molecular complexity index is 549. The van der Waals surface area contributed by atoms with Crippen molar-refractivity contribution in [1.29, 1.82) is 0 Å². The Hall–Kier alpha value is -1.42. The zero-order chi connectivity index (χ0) is 13.9. The molecule has 0 aliphatic carbocycles. The summed E-state index contributed by atoms with van der Waals surface area (Å²) >= 11 is 0. The Morgan fingerprint density at radius 1 is 1.32 bits per heavy atom. The van der Waals surface area contributed by atoms with E-state index in [0.717, 1.165) is 29.6 Å². The summed E-state index contributed by atoms with van der Waals surface area (Å²) < 4.78 is 16.6. The molecule has 0 amide bonds. The van der Waals surface area contributed by atoms with Gasteiger partial charge in [0.2, 0.25) is 0 Å². The summed E-state index contributed by atoms with van der Waals surface area (Å²) in [5, 5.41) is 5.58. The van der Waals surface area contributed by atoms with Crippen LogP contribution in [0.3, 0.4) is 0 Å². The fourth-order valence-corrected chi connectivity index (χ4v) is 2.58. The van der Waals surface area contributed by atoms with Crippen LogP contribution in [0.5, 0.6) is 0 Å². The van der Waals surface area contributed by atoms with Crippen LogP contribution in [0.1, 0.15) is 32.4 Å². The molecule has 0 saturated carbocycles. The quantitative estimate of drug-likeness (QED) is 0.870. The Labute approximate surface area is 113 Å². The van der Waals surface area contributed by atoms with Crippen molar-refractivity contribution in [2.75, 3.05) is 6.54 Å². The number of aromatic nitrogens is 2. The number of fused-ring (bicyclic) bond motifs is 1. The van der Waals surface area contributed by atoms with Crippen LogP contribution in [0, 0.1) is 0 Å². The lowest BCUT2D eigenvalue weighted by Crippen LogP contribution is -2.35. The van der Waals surface area contributed by atoms with E-state index in [4.69, 9.17) is 5.73 Å². The van der Waals surface area contributed by atoms with E-state index in [9.17, 15) is 4.39 Å². The molecule has 0 radical (unpaired) electrons. The standard InChI is InChI=1S/C15H22FN3/c1-3-9-15(16,11-17)10-13-12-7-5-6-8-14(12)19(4-2)18-13/h5-8H,3-4,9-11,17H2,1-2H3. The lowest BCUT2D eigenvalue weighted by Gasteiger charge is -2.22. The van der Waals surface area contributed by atoms with Gasteiger partial charge < -0.3 is 5.73 Å². The zero-order valence-corrected chi connectivity index (χ0v) is 11.7. The summed E-state index contributed by atoms with van der Waals surface area (Å²) in [6.45, 7) is 4.86. The van der Waals surface area contributed by atoms with Crippen LogP contribution >= 0.6 is 0 Å². The smallest absolute Gasteiger partial charge is 0.128 e. The van der Waals surface area contributed by atoms with Crippen LogP contribution in [0.25, 0.3) is 10.9 Å². The minimum atomic E-state index is -1.34. The van der Waals surface area contributed by atoms with Crippen molar-refractivity contribution >= 4 is 10.9 Å². The van der Waals surface area contributed by atoms with Crippen LogP contribution in [0.4, 0.5) is 4.39 Å². The first-order valence-corrected chi connectivity index (χ1v) is 6.97. The van der Waals surface area contributed by atoms with Crippen LogP contribution in [-0.4, -0.2) is 22.0 Å². The number of alkyl halides is 1. The zero-order valence-electron chi connectivity index (χ0n) is 11.7. The number of nitrogens with zero attached hydrogens (tertiary/aromatic N) is 2. The second kappa shape index (κ2) is 5.70. The lowest BCUT2D eigenvalue weighted by molar-refractivity contribution is 0.157. The van der Waals surface area contributed by atoms with Gasteiger partial charge >= 0.3 is 0 Å². The third kappa shape index (κ3) is 2.78. The first kappa shape index (κ1) is 14.0. The first-order valence-electron chi connectivity index (χ1n) is 6.97. The molecular formula is C15H22FN3. The normalized spacial score (nSPS) is 14.7. The van der Waals surface area contributed by atoms with E-state index in [1.54, 1.807) is 0 Å². The van der Waals surface area contributed by atoms with Gasteiger partial charge in [-0.2, -0.15) is 5.10 Å². The van der Waals surface area contributed by atoms with Gasteiger partial charge in [0.15, 0.2) is 0 Å². The van der Waals surface area contributed by atoms with Crippen LogP contribution in [0.15, 0.2) is 24.3 Å². The van der Waals surface area contributed by atoms with Crippen LogP contribution in [0.2, 0.25) is 0 Å². The van der Waals surface area contributed by atoms with Crippen molar-refractivity contribution in [2.45, 2.75) is 45.3 Å². The minimum absolute atomic E-state index is 0.0498. The molecule has 0 spiro atoms. The summed E-state index contributed by atoms with van der Waals surface area (Å²) in [6, 6.07) is 7.98.